The van der Waals surface area contributed by atoms with E-state index in [1.54, 1.807) is 37.5 Å². The van der Waals surface area contributed by atoms with E-state index in [-0.39, 0.29) is 23.3 Å². The van der Waals surface area contributed by atoms with Gasteiger partial charge in [0.2, 0.25) is 10.0 Å². The Bertz CT molecular complexity index is 738. The molecule has 2 N–H and O–H groups in total. The van der Waals surface area contributed by atoms with E-state index in [4.69, 9.17) is 4.42 Å². The van der Waals surface area contributed by atoms with Crippen molar-refractivity contribution < 1.29 is 12.8 Å². The van der Waals surface area contributed by atoms with Crippen LogP contribution in [0.4, 0.5) is 0 Å². The van der Waals surface area contributed by atoms with Crippen LogP contribution in [0, 0.1) is 6.92 Å². The van der Waals surface area contributed by atoms with Crippen molar-refractivity contribution >= 4 is 22.4 Å². The number of oxazole rings is 1. The second-order valence-corrected chi connectivity index (χ2v) is 7.14. The number of aromatic nitrogens is 1. The predicted molar refractivity (Wildman–Crippen MR) is 90.1 cm³/mol. The topological polar surface area (TPSA) is 84.2 Å². The van der Waals surface area contributed by atoms with Crippen LogP contribution >= 0.6 is 12.4 Å². The SMILES string of the molecule is Cc1nc(-c2ccc(S(=O)(=O)NC3CCNCC3)cc2)co1.Cl. The van der Waals surface area contributed by atoms with Crippen molar-refractivity contribution in [3.8, 4) is 11.3 Å². The Kier molecular flexibility index (Phi) is 5.80. The fraction of sp³-hybridized carbons (Fsp3) is 0.400. The lowest BCUT2D eigenvalue weighted by molar-refractivity contribution is 0.427. The Morgan fingerprint density at radius 3 is 2.43 bits per heavy atom. The lowest BCUT2D eigenvalue weighted by Crippen LogP contribution is -2.42. The molecule has 3 rings (SSSR count). The molecular weight excluding hydrogens is 338 g/mol. The van der Waals surface area contributed by atoms with E-state index < -0.39 is 10.0 Å². The molecular formula is C15H20ClN3O3S. The Morgan fingerprint density at radius 1 is 1.22 bits per heavy atom. The molecule has 0 spiro atoms. The lowest BCUT2D eigenvalue weighted by atomic mass is 10.1. The molecule has 2 heterocycles. The number of piperidine rings is 1. The molecule has 2 aromatic rings. The van der Waals surface area contributed by atoms with Gasteiger partial charge in [0, 0.05) is 18.5 Å². The number of aryl methyl sites for hydroxylation is 1. The van der Waals surface area contributed by atoms with E-state index in [1.165, 1.54) is 0 Å². The molecule has 8 heteroatoms. The van der Waals surface area contributed by atoms with E-state index in [0.717, 1.165) is 31.5 Å². The minimum absolute atomic E-state index is 0. The highest BCUT2D eigenvalue weighted by Crippen LogP contribution is 2.21. The first-order chi connectivity index (χ1) is 10.5. The van der Waals surface area contributed by atoms with Crippen molar-refractivity contribution in [1.29, 1.82) is 0 Å². The van der Waals surface area contributed by atoms with Gasteiger partial charge < -0.3 is 9.73 Å². The average molecular weight is 358 g/mol. The largest absolute Gasteiger partial charge is 0.449 e. The predicted octanol–water partition coefficient (Wildman–Crippen LogP) is 2.10. The zero-order chi connectivity index (χ0) is 15.6. The third-order valence-corrected chi connectivity index (χ3v) is 5.28. The van der Waals surface area contributed by atoms with E-state index in [1.807, 2.05) is 0 Å². The Labute approximate surface area is 142 Å². The summed E-state index contributed by atoms with van der Waals surface area (Å²) in [5.41, 5.74) is 1.53. The van der Waals surface area contributed by atoms with Gasteiger partial charge in [0.15, 0.2) is 5.89 Å². The van der Waals surface area contributed by atoms with Gasteiger partial charge in [-0.05, 0) is 38.1 Å². The van der Waals surface area contributed by atoms with Crippen LogP contribution < -0.4 is 10.0 Å². The van der Waals surface area contributed by atoms with Gasteiger partial charge in [-0.3, -0.25) is 0 Å². The van der Waals surface area contributed by atoms with Crippen molar-refractivity contribution in [3.63, 3.8) is 0 Å². The summed E-state index contributed by atoms with van der Waals surface area (Å²) in [7, 11) is -3.48. The first-order valence-corrected chi connectivity index (χ1v) is 8.78. The molecule has 0 unspecified atom stereocenters. The number of halogens is 1. The number of rotatable bonds is 4. The van der Waals surface area contributed by atoms with Crippen molar-refractivity contribution in [2.45, 2.75) is 30.7 Å². The van der Waals surface area contributed by atoms with Gasteiger partial charge in [0.05, 0.1) is 4.90 Å². The Balaban J connectivity index is 0.00000192. The van der Waals surface area contributed by atoms with Crippen molar-refractivity contribution in [2.75, 3.05) is 13.1 Å². The Morgan fingerprint density at radius 2 is 1.87 bits per heavy atom. The van der Waals surface area contributed by atoms with Crippen LogP contribution in [0.3, 0.4) is 0 Å². The summed E-state index contributed by atoms with van der Waals surface area (Å²) < 4.78 is 32.7. The smallest absolute Gasteiger partial charge is 0.240 e. The van der Waals surface area contributed by atoms with E-state index in [9.17, 15) is 8.42 Å². The third kappa shape index (κ3) is 4.32. The maximum atomic E-state index is 12.4. The summed E-state index contributed by atoms with van der Waals surface area (Å²) in [4.78, 5) is 4.50. The number of sulfonamides is 1. The van der Waals surface area contributed by atoms with Gasteiger partial charge in [0.1, 0.15) is 12.0 Å². The Hall–Kier alpha value is -1.41. The number of hydrogen-bond acceptors (Lipinski definition) is 5. The molecule has 0 radical (unpaired) electrons. The highest BCUT2D eigenvalue weighted by Gasteiger charge is 2.21. The zero-order valence-corrected chi connectivity index (χ0v) is 14.4. The normalized spacial score (nSPS) is 16.0. The van der Waals surface area contributed by atoms with Gasteiger partial charge in [0.25, 0.3) is 0 Å². The molecule has 0 aliphatic carbocycles. The van der Waals surface area contributed by atoms with E-state index in [2.05, 4.69) is 15.0 Å². The van der Waals surface area contributed by atoms with Crippen molar-refractivity contribution in [1.82, 2.24) is 15.0 Å². The van der Waals surface area contributed by atoms with Gasteiger partial charge in [-0.1, -0.05) is 12.1 Å². The molecule has 6 nitrogen and oxygen atoms in total. The van der Waals surface area contributed by atoms with E-state index in [0.29, 0.717) is 11.6 Å². The van der Waals surface area contributed by atoms with Crippen molar-refractivity contribution in [2.24, 2.45) is 0 Å². The van der Waals surface area contributed by atoms with Crippen molar-refractivity contribution in [3.05, 3.63) is 36.4 Å². The van der Waals surface area contributed by atoms with E-state index >= 15 is 0 Å². The molecule has 1 aromatic heterocycles. The number of benzene rings is 1. The monoisotopic (exact) mass is 357 g/mol. The summed E-state index contributed by atoms with van der Waals surface area (Å²) in [5.74, 6) is 0.583. The van der Waals surface area contributed by atoms with Gasteiger partial charge in [-0.15, -0.1) is 12.4 Å². The minimum Gasteiger partial charge on any atom is -0.449 e. The molecule has 1 aliphatic heterocycles. The second kappa shape index (κ2) is 7.44. The summed E-state index contributed by atoms with van der Waals surface area (Å²) in [6.07, 6.45) is 3.19. The molecule has 0 saturated carbocycles. The van der Waals surface area contributed by atoms with Crippen LogP contribution in [-0.2, 0) is 10.0 Å². The van der Waals surface area contributed by atoms with Gasteiger partial charge in [-0.2, -0.15) is 0 Å². The van der Waals surface area contributed by atoms with Gasteiger partial charge in [-0.25, -0.2) is 18.1 Å². The summed E-state index contributed by atoms with van der Waals surface area (Å²) >= 11 is 0. The molecule has 1 aromatic carbocycles. The summed E-state index contributed by atoms with van der Waals surface area (Å²) in [5, 5.41) is 3.22. The molecule has 0 bridgehead atoms. The fourth-order valence-corrected chi connectivity index (χ4v) is 3.83. The number of nitrogens with zero attached hydrogens (tertiary/aromatic N) is 1. The van der Waals surface area contributed by atoms with Crippen LogP contribution in [0.5, 0.6) is 0 Å². The molecule has 126 valence electrons. The molecule has 1 aliphatic rings. The quantitative estimate of drug-likeness (QED) is 0.875. The van der Waals surface area contributed by atoms with Crippen LogP contribution in [0.1, 0.15) is 18.7 Å². The molecule has 0 amide bonds. The third-order valence-electron chi connectivity index (χ3n) is 3.74. The fourth-order valence-electron chi connectivity index (χ4n) is 2.53. The zero-order valence-electron chi connectivity index (χ0n) is 12.8. The molecule has 0 atom stereocenters. The minimum atomic E-state index is -3.48. The standard InChI is InChI=1S/C15H19N3O3S.ClH/c1-11-17-15(10-21-11)12-2-4-14(5-3-12)22(19,20)18-13-6-8-16-9-7-13;/h2-5,10,13,16,18H,6-9H2,1H3;1H. The van der Waals surface area contributed by atoms with Crippen LogP contribution in [0.25, 0.3) is 11.3 Å². The molecule has 23 heavy (non-hydrogen) atoms. The first-order valence-electron chi connectivity index (χ1n) is 7.30. The molecule has 1 fully saturated rings. The highest BCUT2D eigenvalue weighted by atomic mass is 35.5. The van der Waals surface area contributed by atoms with Gasteiger partial charge >= 0.3 is 0 Å². The van der Waals surface area contributed by atoms with Crippen LogP contribution in [-0.4, -0.2) is 32.5 Å². The maximum Gasteiger partial charge on any atom is 0.240 e. The lowest BCUT2D eigenvalue weighted by Gasteiger charge is -2.23. The first kappa shape index (κ1) is 17.9. The molecule has 1 saturated heterocycles. The van der Waals surface area contributed by atoms with Crippen LogP contribution in [0.15, 0.2) is 39.8 Å². The number of hydrogen-bond donors (Lipinski definition) is 2. The maximum absolute atomic E-state index is 12.4. The summed E-state index contributed by atoms with van der Waals surface area (Å²) in [6.45, 7) is 3.46. The number of nitrogens with one attached hydrogen (secondary N) is 2. The second-order valence-electron chi connectivity index (χ2n) is 5.42. The van der Waals surface area contributed by atoms with Crippen LogP contribution in [0.2, 0.25) is 0 Å². The summed E-state index contributed by atoms with van der Waals surface area (Å²) in [6, 6.07) is 6.69. The average Bonchev–Trinajstić information content (AvgIpc) is 2.95. The highest BCUT2D eigenvalue weighted by molar-refractivity contribution is 7.89.